The molecular weight excluding hydrogens is 699 g/mol. The van der Waals surface area contributed by atoms with Crippen molar-refractivity contribution in [3.05, 3.63) is 42.6 Å². The number of Topliss-reactive ketones (excluding diaryl/α,β-unsaturated/α-hetero) is 1. The Morgan fingerprint density at radius 2 is 1.75 bits per heavy atom. The minimum Gasteiger partial charge on any atom is -0.494 e. The van der Waals surface area contributed by atoms with E-state index in [9.17, 15) is 27.6 Å². The van der Waals surface area contributed by atoms with E-state index in [1.807, 2.05) is 43.3 Å². The molecule has 0 unspecified atom stereocenters. The molecule has 1 aromatic carbocycles. The number of nitrogens with one attached hydrogen (secondary N) is 1. The van der Waals surface area contributed by atoms with E-state index >= 15 is 0 Å². The topological polar surface area (TPSA) is 158 Å². The van der Waals surface area contributed by atoms with Crippen molar-refractivity contribution in [2.24, 2.45) is 29.1 Å². The molecule has 2 aliphatic heterocycles. The highest BCUT2D eigenvalue weighted by Crippen LogP contribution is 2.57. The Morgan fingerprint density at radius 1 is 1.04 bits per heavy atom. The normalized spacial score (nSPS) is 30.3. The van der Waals surface area contributed by atoms with Gasteiger partial charge in [-0.15, -0.1) is 0 Å². The lowest BCUT2D eigenvalue weighted by Gasteiger charge is -2.32. The third-order valence-electron chi connectivity index (χ3n) is 11.2. The minimum atomic E-state index is -3.85. The molecule has 7 atom stereocenters. The minimum absolute atomic E-state index is 0.0600. The maximum Gasteiger partial charge on any atom is 0.307 e. The van der Waals surface area contributed by atoms with Crippen LogP contribution in [0.5, 0.6) is 11.6 Å². The summed E-state index contributed by atoms with van der Waals surface area (Å²) in [7, 11) is -2.29. The summed E-state index contributed by atoms with van der Waals surface area (Å²) in [5.74, 6) is -2.07. The number of carbonyl (C=O) groups is 4. The zero-order chi connectivity index (χ0) is 38.3. The fraction of sp³-hybridized carbons (Fsp3) is 0.625. The molecule has 13 heteroatoms. The van der Waals surface area contributed by atoms with Crippen molar-refractivity contribution >= 4 is 44.4 Å². The number of ketones is 1. The summed E-state index contributed by atoms with van der Waals surface area (Å²) in [6, 6.07) is 6.53. The SMILES string of the molecule is COc1cnc(O[C@@H]2C[C@H]3C(=O)C[C@]4(C(=O)NS(=O)(=O)C5CC5)C[C@H]4/C=C\[C@H](C)CCC[C@@H](C)[C@H](CC(=O)OC(C)(C)C)C(=O)N3C2)c2ccccc12. The summed E-state index contributed by atoms with van der Waals surface area (Å²) in [5.41, 5.74) is -1.99. The van der Waals surface area contributed by atoms with Crippen LogP contribution >= 0.6 is 0 Å². The van der Waals surface area contributed by atoms with Crippen molar-refractivity contribution in [2.75, 3.05) is 13.7 Å². The number of esters is 1. The van der Waals surface area contributed by atoms with Crippen LogP contribution < -0.4 is 14.2 Å². The lowest BCUT2D eigenvalue weighted by atomic mass is 9.84. The average Bonchev–Trinajstić information content (AvgIpc) is 4.02. The standard InChI is InChI=1S/C40H53N3O9S/c1-24-10-9-11-25(2)31(19-35(45)52-39(3,4)5)37(46)43-23-27(51-36-30-13-8-7-12-29(30)34(50-6)22-41-36)18-32(43)33(44)21-40(20-26(40)15-14-24)38(47)42-53(48,49)28-16-17-28/h7-8,12-15,22,24-28,31-32H,9-11,16-21,23H2,1-6H3,(H,42,47)/b15-14-/t24-,25-,26-,27-,31+,32+,40-/m1/s1. The van der Waals surface area contributed by atoms with Crippen LogP contribution in [-0.4, -0.2) is 78.5 Å². The van der Waals surface area contributed by atoms with Gasteiger partial charge in [0.1, 0.15) is 17.5 Å². The van der Waals surface area contributed by atoms with Gasteiger partial charge in [-0.2, -0.15) is 0 Å². The number of pyridine rings is 1. The number of methoxy groups -OCH3 is 1. The fourth-order valence-electron chi connectivity index (χ4n) is 7.93. The van der Waals surface area contributed by atoms with Gasteiger partial charge in [-0.3, -0.25) is 23.9 Å². The van der Waals surface area contributed by atoms with Crippen LogP contribution in [0.25, 0.3) is 10.8 Å². The number of carbonyl (C=O) groups excluding carboxylic acids is 4. The molecule has 2 aliphatic carbocycles. The third-order valence-corrected chi connectivity index (χ3v) is 13.0. The Bertz CT molecular complexity index is 1880. The number of hydrogen-bond acceptors (Lipinski definition) is 10. The van der Waals surface area contributed by atoms with E-state index in [2.05, 4.69) is 16.6 Å². The molecule has 1 aromatic heterocycles. The average molecular weight is 752 g/mol. The van der Waals surface area contributed by atoms with Crippen LogP contribution in [0.15, 0.2) is 42.6 Å². The number of amides is 2. The van der Waals surface area contributed by atoms with E-state index in [1.165, 1.54) is 4.90 Å². The molecule has 288 valence electrons. The molecule has 53 heavy (non-hydrogen) atoms. The van der Waals surface area contributed by atoms with E-state index in [-0.39, 0.29) is 55.3 Å². The van der Waals surface area contributed by atoms with E-state index < -0.39 is 56.2 Å². The molecule has 3 heterocycles. The first-order chi connectivity index (χ1) is 25.0. The fourth-order valence-corrected chi connectivity index (χ4v) is 9.31. The predicted molar refractivity (Wildman–Crippen MR) is 198 cm³/mol. The van der Waals surface area contributed by atoms with Gasteiger partial charge in [0, 0.05) is 23.6 Å². The Hall–Kier alpha value is -4.00. The molecule has 1 saturated heterocycles. The number of nitrogens with zero attached hydrogens (tertiary/aromatic N) is 2. The van der Waals surface area contributed by atoms with Crippen molar-refractivity contribution in [1.82, 2.24) is 14.6 Å². The van der Waals surface area contributed by atoms with Crippen molar-refractivity contribution in [3.8, 4) is 11.6 Å². The number of ether oxygens (including phenoxy) is 3. The molecule has 0 bridgehead atoms. The molecule has 12 nitrogen and oxygen atoms in total. The van der Waals surface area contributed by atoms with Crippen molar-refractivity contribution in [1.29, 1.82) is 0 Å². The highest BCUT2D eigenvalue weighted by atomic mass is 32.2. The van der Waals surface area contributed by atoms with Crippen molar-refractivity contribution in [3.63, 3.8) is 0 Å². The number of hydrogen-bond donors (Lipinski definition) is 1. The van der Waals surface area contributed by atoms with Gasteiger partial charge >= 0.3 is 5.97 Å². The van der Waals surface area contributed by atoms with Gasteiger partial charge in [0.2, 0.25) is 27.7 Å². The highest BCUT2D eigenvalue weighted by Gasteiger charge is 2.61. The molecule has 3 fully saturated rings. The molecular formula is C40H53N3O9S. The van der Waals surface area contributed by atoms with Crippen LogP contribution in [0.2, 0.25) is 0 Å². The maximum atomic E-state index is 14.8. The lowest BCUT2D eigenvalue weighted by molar-refractivity contribution is -0.159. The van der Waals surface area contributed by atoms with E-state index in [4.69, 9.17) is 14.2 Å². The summed E-state index contributed by atoms with van der Waals surface area (Å²) in [6.07, 6.45) is 8.31. The van der Waals surface area contributed by atoms with Gasteiger partial charge in [0.25, 0.3) is 0 Å². The molecule has 2 aromatic rings. The van der Waals surface area contributed by atoms with Crippen molar-refractivity contribution < 1.29 is 41.8 Å². The summed E-state index contributed by atoms with van der Waals surface area (Å²) in [4.78, 5) is 62.5. The van der Waals surface area contributed by atoms with Gasteiger partial charge in [-0.1, -0.05) is 50.6 Å². The quantitative estimate of drug-likeness (QED) is 0.269. The first-order valence-electron chi connectivity index (χ1n) is 18.9. The monoisotopic (exact) mass is 751 g/mol. The molecule has 2 amide bonds. The zero-order valence-corrected chi connectivity index (χ0v) is 32.4. The lowest BCUT2D eigenvalue weighted by Crippen LogP contribution is -2.47. The number of fused-ring (bicyclic) bond motifs is 3. The number of sulfonamides is 1. The highest BCUT2D eigenvalue weighted by molar-refractivity contribution is 7.90. The van der Waals surface area contributed by atoms with Crippen LogP contribution in [0.1, 0.15) is 92.4 Å². The first kappa shape index (κ1) is 38.7. The van der Waals surface area contributed by atoms with E-state index in [0.29, 0.717) is 42.7 Å². The smallest absolute Gasteiger partial charge is 0.307 e. The van der Waals surface area contributed by atoms with Gasteiger partial charge in [-0.05, 0) is 76.7 Å². The van der Waals surface area contributed by atoms with Crippen LogP contribution in [0.3, 0.4) is 0 Å². The number of aromatic nitrogens is 1. The first-order valence-corrected chi connectivity index (χ1v) is 20.4. The molecule has 6 rings (SSSR count). The second kappa shape index (κ2) is 15.0. The molecule has 0 radical (unpaired) electrons. The summed E-state index contributed by atoms with van der Waals surface area (Å²) >= 11 is 0. The number of benzene rings is 1. The van der Waals surface area contributed by atoms with Gasteiger partial charge in [0.15, 0.2) is 5.78 Å². The number of rotatable bonds is 8. The van der Waals surface area contributed by atoms with Crippen LogP contribution in [0.4, 0.5) is 0 Å². The second-order valence-corrected chi connectivity index (χ2v) is 18.6. The van der Waals surface area contributed by atoms with Crippen LogP contribution in [0, 0.1) is 29.1 Å². The second-order valence-electron chi connectivity index (χ2n) is 16.6. The van der Waals surface area contributed by atoms with Gasteiger partial charge in [-0.25, -0.2) is 13.4 Å². The Morgan fingerprint density at radius 3 is 2.43 bits per heavy atom. The molecule has 1 N–H and O–H groups in total. The Balaban J connectivity index is 1.35. The third kappa shape index (κ3) is 8.71. The molecule has 2 saturated carbocycles. The Labute approximate surface area is 312 Å². The maximum absolute atomic E-state index is 14.8. The van der Waals surface area contributed by atoms with Crippen molar-refractivity contribution in [2.45, 2.75) is 115 Å². The Kier molecular flexibility index (Phi) is 11.0. The largest absolute Gasteiger partial charge is 0.494 e. The summed E-state index contributed by atoms with van der Waals surface area (Å²) < 4.78 is 45.8. The van der Waals surface area contributed by atoms with E-state index in [1.54, 1.807) is 34.1 Å². The zero-order valence-electron chi connectivity index (χ0n) is 31.6. The summed E-state index contributed by atoms with van der Waals surface area (Å²) in [5, 5.41) is 0.906. The number of allylic oxidation sites excluding steroid dienone is 2. The summed E-state index contributed by atoms with van der Waals surface area (Å²) in [6.45, 7) is 9.44. The van der Waals surface area contributed by atoms with Gasteiger partial charge < -0.3 is 19.1 Å². The van der Waals surface area contributed by atoms with Gasteiger partial charge in [0.05, 0.1) is 48.9 Å². The van der Waals surface area contributed by atoms with E-state index in [0.717, 1.165) is 18.2 Å². The van der Waals surface area contributed by atoms with Crippen LogP contribution in [-0.2, 0) is 33.9 Å². The molecule has 0 spiro atoms. The predicted octanol–water partition coefficient (Wildman–Crippen LogP) is 5.53. The molecule has 4 aliphatic rings.